The largest absolute Gasteiger partial charge is 0.405 e. The number of fused-ring (bicyclic) bond motifs is 1. The minimum atomic E-state index is -4.63. The molecular formula is C27H31F3N6O3S. The second kappa shape index (κ2) is 12.7. The molecule has 2 N–H and O–H groups in total. The fourth-order valence-electron chi connectivity index (χ4n) is 4.75. The summed E-state index contributed by atoms with van der Waals surface area (Å²) in [5.41, 5.74) is 2.01. The lowest BCUT2D eigenvalue weighted by atomic mass is 10.1. The molecule has 3 aromatic rings. The van der Waals surface area contributed by atoms with Gasteiger partial charge in [-0.2, -0.15) is 18.4 Å². The van der Waals surface area contributed by atoms with Crippen LogP contribution in [0.3, 0.4) is 0 Å². The Labute approximate surface area is 232 Å². The molecule has 1 fully saturated rings. The number of ether oxygens (including phenoxy) is 1. The number of nitrogens with zero attached hydrogens (tertiary/aromatic N) is 4. The van der Waals surface area contributed by atoms with E-state index in [9.17, 15) is 28.0 Å². The van der Waals surface area contributed by atoms with Crippen molar-refractivity contribution in [1.82, 2.24) is 19.4 Å². The molecule has 0 radical (unpaired) electrons. The molecule has 214 valence electrons. The molecule has 13 heteroatoms. The number of amides is 1. The summed E-state index contributed by atoms with van der Waals surface area (Å²) in [4.78, 5) is 27.8. The second-order valence-electron chi connectivity index (χ2n) is 9.45. The van der Waals surface area contributed by atoms with E-state index in [4.69, 9.17) is 4.74 Å². The molecule has 1 amide bonds. The molecule has 0 saturated carbocycles. The lowest BCUT2D eigenvalue weighted by Crippen LogP contribution is -2.37. The highest BCUT2D eigenvalue weighted by molar-refractivity contribution is 7.07. The standard InChI is InChI=1S/C27H31F3N6O3S/c1-3-36-25(38)23(40-26(36)21(13-31)24(37)33-17-27(28,29)30)14-32-19-6-7-22-20(12-19)18(15-34-8-4-5-9-34)16-35(22)10-11-39-2/h6-7,12,14,16,32H,3-5,8-11,15,17H2,1-2H3,(H,33,37)/b23-14-,26-21+. The third kappa shape index (κ3) is 6.75. The van der Waals surface area contributed by atoms with Crippen molar-refractivity contribution in [2.45, 2.75) is 45.6 Å². The highest BCUT2D eigenvalue weighted by Crippen LogP contribution is 2.27. The van der Waals surface area contributed by atoms with E-state index < -0.39 is 29.8 Å². The van der Waals surface area contributed by atoms with Crippen LogP contribution < -0.4 is 25.4 Å². The van der Waals surface area contributed by atoms with Crippen molar-refractivity contribution < 1.29 is 22.7 Å². The molecule has 0 atom stereocenters. The molecule has 1 aromatic carbocycles. The third-order valence-corrected chi connectivity index (χ3v) is 7.82. The number of rotatable bonds is 10. The van der Waals surface area contributed by atoms with Gasteiger partial charge in [-0.15, -0.1) is 11.3 Å². The highest BCUT2D eigenvalue weighted by atomic mass is 32.1. The average Bonchev–Trinajstić information content (AvgIpc) is 3.63. The fourth-order valence-corrected chi connectivity index (χ4v) is 5.84. The molecule has 1 aliphatic rings. The van der Waals surface area contributed by atoms with Crippen LogP contribution >= 0.6 is 11.3 Å². The van der Waals surface area contributed by atoms with Gasteiger partial charge >= 0.3 is 6.18 Å². The van der Waals surface area contributed by atoms with Crippen LogP contribution in [0.15, 0.2) is 29.2 Å². The normalized spacial score (nSPS) is 15.4. The molecule has 4 rings (SSSR count). The number of methoxy groups -OCH3 is 1. The van der Waals surface area contributed by atoms with Gasteiger partial charge in [0.25, 0.3) is 11.5 Å². The summed E-state index contributed by atoms with van der Waals surface area (Å²) in [6.45, 7) is 4.49. The van der Waals surface area contributed by atoms with Crippen molar-refractivity contribution in [1.29, 1.82) is 5.26 Å². The van der Waals surface area contributed by atoms with E-state index in [1.165, 1.54) is 29.2 Å². The van der Waals surface area contributed by atoms with Crippen LogP contribution in [0.1, 0.15) is 25.3 Å². The lowest BCUT2D eigenvalue weighted by molar-refractivity contribution is -0.135. The van der Waals surface area contributed by atoms with Crippen LogP contribution in [0.25, 0.3) is 22.7 Å². The lowest BCUT2D eigenvalue weighted by Gasteiger charge is -2.13. The molecule has 0 unspecified atom stereocenters. The minimum absolute atomic E-state index is 0.00120. The number of hydrogen-bond donors (Lipinski definition) is 2. The number of thiazole rings is 1. The van der Waals surface area contributed by atoms with Crippen LogP contribution in [0.5, 0.6) is 0 Å². The first-order chi connectivity index (χ1) is 19.1. The van der Waals surface area contributed by atoms with Crippen molar-refractivity contribution in [3.05, 3.63) is 49.5 Å². The van der Waals surface area contributed by atoms with Crippen molar-refractivity contribution in [3.63, 3.8) is 0 Å². The number of anilines is 1. The van der Waals surface area contributed by atoms with Crippen molar-refractivity contribution >= 4 is 45.6 Å². The number of hydrogen-bond acceptors (Lipinski definition) is 7. The zero-order valence-corrected chi connectivity index (χ0v) is 23.1. The first-order valence-electron chi connectivity index (χ1n) is 12.9. The van der Waals surface area contributed by atoms with Crippen LogP contribution in [0.2, 0.25) is 0 Å². The van der Waals surface area contributed by atoms with Gasteiger partial charge in [-0.1, -0.05) is 0 Å². The van der Waals surface area contributed by atoms with E-state index in [0.717, 1.165) is 47.6 Å². The summed E-state index contributed by atoms with van der Waals surface area (Å²) in [5, 5.41) is 15.4. The van der Waals surface area contributed by atoms with Gasteiger partial charge in [0.15, 0.2) is 5.57 Å². The molecule has 9 nitrogen and oxygen atoms in total. The number of aromatic nitrogens is 2. The van der Waals surface area contributed by atoms with Crippen LogP contribution in [-0.4, -0.2) is 59.5 Å². The van der Waals surface area contributed by atoms with E-state index in [0.29, 0.717) is 13.2 Å². The quantitative estimate of drug-likeness (QED) is 0.384. The maximum Gasteiger partial charge on any atom is 0.405 e. The maximum absolute atomic E-state index is 13.0. The van der Waals surface area contributed by atoms with Crippen molar-refractivity contribution in [2.24, 2.45) is 0 Å². The molecule has 3 heterocycles. The molecular weight excluding hydrogens is 545 g/mol. The SMILES string of the molecule is CCn1c(=O)/c(=C/Nc2ccc3c(c2)c(CN2CCCC2)cn3CCOC)s/c1=C(\C#N)C(=O)NCC(F)(F)F. The van der Waals surface area contributed by atoms with Gasteiger partial charge in [0.05, 0.1) is 6.61 Å². The zero-order valence-electron chi connectivity index (χ0n) is 22.3. The number of nitriles is 1. The Kier molecular flexibility index (Phi) is 9.34. The van der Waals surface area contributed by atoms with Crippen molar-refractivity contribution in [2.75, 3.05) is 38.7 Å². The zero-order chi connectivity index (χ0) is 28.9. The second-order valence-corrected chi connectivity index (χ2v) is 10.5. The maximum atomic E-state index is 13.0. The number of carbonyl (C=O) groups excluding carboxylic acids is 1. The average molecular weight is 577 g/mol. The minimum Gasteiger partial charge on any atom is -0.383 e. The Morgan fingerprint density at radius 2 is 2.02 bits per heavy atom. The summed E-state index contributed by atoms with van der Waals surface area (Å²) < 4.78 is 46.5. The molecule has 40 heavy (non-hydrogen) atoms. The third-order valence-electron chi connectivity index (χ3n) is 6.69. The number of likely N-dealkylation sites (tertiary alicyclic amines) is 1. The van der Waals surface area contributed by atoms with Gasteiger partial charge in [0.1, 0.15) is 21.8 Å². The molecule has 2 aromatic heterocycles. The van der Waals surface area contributed by atoms with Crippen LogP contribution in [-0.2, 0) is 29.2 Å². The van der Waals surface area contributed by atoms with Gasteiger partial charge < -0.3 is 19.9 Å². The number of nitrogens with one attached hydrogen (secondary N) is 2. The summed E-state index contributed by atoms with van der Waals surface area (Å²) in [7, 11) is 1.67. The summed E-state index contributed by atoms with van der Waals surface area (Å²) in [5.74, 6) is -1.18. The van der Waals surface area contributed by atoms with E-state index in [1.807, 2.05) is 18.2 Å². The molecule has 0 bridgehead atoms. The topological polar surface area (TPSA) is 104 Å². The summed E-state index contributed by atoms with van der Waals surface area (Å²) in [6, 6.07) is 7.57. The highest BCUT2D eigenvalue weighted by Gasteiger charge is 2.29. The van der Waals surface area contributed by atoms with Crippen LogP contribution in [0.4, 0.5) is 18.9 Å². The fraction of sp³-hybridized carbons (Fsp3) is 0.444. The van der Waals surface area contributed by atoms with Gasteiger partial charge in [0.2, 0.25) is 0 Å². The molecule has 0 spiro atoms. The smallest absolute Gasteiger partial charge is 0.383 e. The number of alkyl halides is 3. The Bertz CT molecular complexity index is 1590. The number of halogens is 3. The molecule has 1 aliphatic heterocycles. The summed E-state index contributed by atoms with van der Waals surface area (Å²) >= 11 is 0.872. The Morgan fingerprint density at radius 3 is 2.67 bits per heavy atom. The Balaban J connectivity index is 1.68. The molecule has 1 saturated heterocycles. The summed E-state index contributed by atoms with van der Waals surface area (Å²) in [6.07, 6.45) is 1.41. The number of benzene rings is 1. The van der Waals surface area contributed by atoms with Gasteiger partial charge in [-0.05, 0) is 56.6 Å². The Morgan fingerprint density at radius 1 is 1.27 bits per heavy atom. The van der Waals surface area contributed by atoms with E-state index in [1.54, 1.807) is 25.4 Å². The van der Waals surface area contributed by atoms with Gasteiger partial charge in [-0.25, -0.2) is 0 Å². The number of carbonyl (C=O) groups is 1. The molecule has 0 aliphatic carbocycles. The first-order valence-corrected chi connectivity index (χ1v) is 13.8. The predicted molar refractivity (Wildman–Crippen MR) is 148 cm³/mol. The Hall–Kier alpha value is -3.60. The van der Waals surface area contributed by atoms with Gasteiger partial charge in [-0.3, -0.25) is 19.1 Å². The van der Waals surface area contributed by atoms with Crippen LogP contribution in [0, 0.1) is 11.3 Å². The van der Waals surface area contributed by atoms with E-state index in [2.05, 4.69) is 21.0 Å². The first kappa shape index (κ1) is 29.4. The van der Waals surface area contributed by atoms with Gasteiger partial charge in [0, 0.05) is 55.7 Å². The van der Waals surface area contributed by atoms with E-state index in [-0.39, 0.29) is 15.7 Å². The van der Waals surface area contributed by atoms with E-state index >= 15 is 0 Å². The van der Waals surface area contributed by atoms with Crippen molar-refractivity contribution in [3.8, 4) is 6.07 Å². The predicted octanol–water partition coefficient (Wildman–Crippen LogP) is 2.33. The monoisotopic (exact) mass is 576 g/mol.